The third kappa shape index (κ3) is 2.97. The van der Waals surface area contributed by atoms with Crippen LogP contribution in [0.3, 0.4) is 0 Å². The van der Waals surface area contributed by atoms with Crippen LogP contribution in [0.25, 0.3) is 0 Å². The average Bonchev–Trinajstić information content (AvgIpc) is 2.40. The zero-order valence-corrected chi connectivity index (χ0v) is 10.7. The van der Waals surface area contributed by atoms with Crippen molar-refractivity contribution in [2.75, 3.05) is 19.0 Å². The Labute approximate surface area is 107 Å². The molecule has 0 unspecified atom stereocenters. The first-order chi connectivity index (χ1) is 8.83. The highest BCUT2D eigenvalue weighted by Crippen LogP contribution is 2.19. The first-order valence-electron chi connectivity index (χ1n) is 6.01. The van der Waals surface area contributed by atoms with E-state index in [4.69, 9.17) is 4.74 Å². The fraction of sp³-hybridized carbons (Fsp3) is 0.286. The Morgan fingerprint density at radius 1 is 1.22 bits per heavy atom. The third-order valence-electron chi connectivity index (χ3n) is 2.60. The van der Waals surface area contributed by atoms with E-state index < -0.39 is 0 Å². The lowest BCUT2D eigenvalue weighted by Gasteiger charge is -2.08. The number of hydrogen-bond acceptors (Lipinski definition) is 4. The van der Waals surface area contributed by atoms with Crippen LogP contribution < -0.4 is 10.1 Å². The van der Waals surface area contributed by atoms with Gasteiger partial charge in [-0.2, -0.15) is 0 Å². The lowest BCUT2D eigenvalue weighted by molar-refractivity contribution is 0.410. The van der Waals surface area contributed by atoms with Gasteiger partial charge in [0.25, 0.3) is 0 Å². The number of ether oxygens (including phenoxy) is 1. The maximum atomic E-state index is 5.32. The lowest BCUT2D eigenvalue weighted by atomic mass is 10.1. The SMILES string of the molecule is CCNc1ccnc(Cc2ccccc2OC)n1. The summed E-state index contributed by atoms with van der Waals surface area (Å²) in [6.07, 6.45) is 2.44. The molecular formula is C14H17N3O. The number of hydrogen-bond donors (Lipinski definition) is 1. The molecule has 0 bridgehead atoms. The topological polar surface area (TPSA) is 47.0 Å². The highest BCUT2D eigenvalue weighted by molar-refractivity contribution is 5.37. The van der Waals surface area contributed by atoms with E-state index in [0.717, 1.165) is 29.5 Å². The predicted molar refractivity (Wildman–Crippen MR) is 72.0 cm³/mol. The van der Waals surface area contributed by atoms with Crippen LogP contribution in [-0.2, 0) is 6.42 Å². The third-order valence-corrected chi connectivity index (χ3v) is 2.60. The van der Waals surface area contributed by atoms with Gasteiger partial charge in [-0.1, -0.05) is 18.2 Å². The van der Waals surface area contributed by atoms with Gasteiger partial charge in [0.1, 0.15) is 17.4 Å². The standard InChI is InChI=1S/C14H17N3O/c1-3-15-13-8-9-16-14(17-13)10-11-6-4-5-7-12(11)18-2/h4-9H,3,10H2,1-2H3,(H,15,16,17). The zero-order valence-electron chi connectivity index (χ0n) is 10.7. The highest BCUT2D eigenvalue weighted by atomic mass is 16.5. The molecule has 0 spiro atoms. The molecule has 0 amide bonds. The van der Waals surface area contributed by atoms with Gasteiger partial charge >= 0.3 is 0 Å². The molecule has 0 radical (unpaired) electrons. The van der Waals surface area contributed by atoms with Gasteiger partial charge in [-0.05, 0) is 19.1 Å². The maximum Gasteiger partial charge on any atom is 0.135 e. The molecule has 94 valence electrons. The van der Waals surface area contributed by atoms with Crippen molar-refractivity contribution in [3.8, 4) is 5.75 Å². The van der Waals surface area contributed by atoms with E-state index in [1.165, 1.54) is 0 Å². The fourth-order valence-corrected chi connectivity index (χ4v) is 1.78. The molecule has 0 saturated heterocycles. The summed E-state index contributed by atoms with van der Waals surface area (Å²) >= 11 is 0. The summed E-state index contributed by atoms with van der Waals surface area (Å²) in [6.45, 7) is 2.90. The largest absolute Gasteiger partial charge is 0.496 e. The minimum Gasteiger partial charge on any atom is -0.496 e. The molecule has 0 aliphatic carbocycles. The van der Waals surface area contributed by atoms with E-state index in [-0.39, 0.29) is 0 Å². The average molecular weight is 243 g/mol. The van der Waals surface area contributed by atoms with Crippen molar-refractivity contribution in [1.82, 2.24) is 9.97 Å². The van der Waals surface area contributed by atoms with Crippen LogP contribution in [0, 0.1) is 0 Å². The number of benzene rings is 1. The van der Waals surface area contributed by atoms with E-state index in [1.54, 1.807) is 13.3 Å². The van der Waals surface area contributed by atoms with Gasteiger partial charge in [0.05, 0.1) is 7.11 Å². The molecular weight excluding hydrogens is 226 g/mol. The van der Waals surface area contributed by atoms with Gasteiger partial charge in [0, 0.05) is 24.7 Å². The van der Waals surface area contributed by atoms with E-state index in [2.05, 4.69) is 15.3 Å². The number of aromatic nitrogens is 2. The van der Waals surface area contributed by atoms with Crippen molar-refractivity contribution < 1.29 is 4.74 Å². The minimum atomic E-state index is 0.670. The van der Waals surface area contributed by atoms with Gasteiger partial charge in [-0.15, -0.1) is 0 Å². The van der Waals surface area contributed by atoms with E-state index in [9.17, 15) is 0 Å². The Bertz CT molecular complexity index is 514. The highest BCUT2D eigenvalue weighted by Gasteiger charge is 2.05. The number of methoxy groups -OCH3 is 1. The molecule has 1 heterocycles. The predicted octanol–water partition coefficient (Wildman–Crippen LogP) is 2.51. The number of nitrogens with one attached hydrogen (secondary N) is 1. The Hall–Kier alpha value is -2.10. The van der Waals surface area contributed by atoms with E-state index in [0.29, 0.717) is 6.42 Å². The zero-order chi connectivity index (χ0) is 12.8. The molecule has 4 nitrogen and oxygen atoms in total. The molecule has 4 heteroatoms. The number of rotatable bonds is 5. The molecule has 2 rings (SSSR count). The molecule has 1 aromatic heterocycles. The second kappa shape index (κ2) is 6.00. The summed E-state index contributed by atoms with van der Waals surface area (Å²) in [5, 5.41) is 3.18. The summed E-state index contributed by atoms with van der Waals surface area (Å²) < 4.78 is 5.32. The van der Waals surface area contributed by atoms with Crippen molar-refractivity contribution in [1.29, 1.82) is 0 Å². The minimum absolute atomic E-state index is 0.670. The quantitative estimate of drug-likeness (QED) is 0.876. The summed E-state index contributed by atoms with van der Waals surface area (Å²) in [7, 11) is 1.68. The Kier molecular flexibility index (Phi) is 4.12. The number of anilines is 1. The monoisotopic (exact) mass is 243 g/mol. The van der Waals surface area contributed by atoms with Crippen LogP contribution in [0.2, 0.25) is 0 Å². The van der Waals surface area contributed by atoms with Crippen molar-refractivity contribution in [2.45, 2.75) is 13.3 Å². The fourth-order valence-electron chi connectivity index (χ4n) is 1.78. The van der Waals surface area contributed by atoms with Crippen molar-refractivity contribution in [3.63, 3.8) is 0 Å². The molecule has 0 saturated carbocycles. The van der Waals surface area contributed by atoms with Crippen LogP contribution in [0.4, 0.5) is 5.82 Å². The van der Waals surface area contributed by atoms with Crippen LogP contribution in [0.1, 0.15) is 18.3 Å². The lowest BCUT2D eigenvalue weighted by Crippen LogP contribution is -2.04. The van der Waals surface area contributed by atoms with Crippen LogP contribution >= 0.6 is 0 Å². The Balaban J connectivity index is 2.20. The van der Waals surface area contributed by atoms with E-state index >= 15 is 0 Å². The summed E-state index contributed by atoms with van der Waals surface area (Å²) in [4.78, 5) is 8.74. The maximum absolute atomic E-state index is 5.32. The van der Waals surface area contributed by atoms with Gasteiger partial charge in [-0.25, -0.2) is 9.97 Å². The second-order valence-electron chi connectivity index (χ2n) is 3.88. The Morgan fingerprint density at radius 2 is 2.06 bits per heavy atom. The molecule has 0 atom stereocenters. The molecule has 0 aliphatic heterocycles. The van der Waals surface area contributed by atoms with Gasteiger partial charge in [0.2, 0.25) is 0 Å². The number of para-hydroxylation sites is 1. The number of nitrogens with zero attached hydrogens (tertiary/aromatic N) is 2. The first-order valence-corrected chi connectivity index (χ1v) is 6.01. The van der Waals surface area contributed by atoms with Gasteiger partial charge < -0.3 is 10.1 Å². The van der Waals surface area contributed by atoms with Crippen LogP contribution in [0.5, 0.6) is 5.75 Å². The van der Waals surface area contributed by atoms with Crippen molar-refractivity contribution >= 4 is 5.82 Å². The van der Waals surface area contributed by atoms with Crippen LogP contribution in [-0.4, -0.2) is 23.6 Å². The smallest absolute Gasteiger partial charge is 0.135 e. The molecule has 1 aromatic carbocycles. The summed E-state index contributed by atoms with van der Waals surface area (Å²) in [6, 6.07) is 9.80. The van der Waals surface area contributed by atoms with Gasteiger partial charge in [-0.3, -0.25) is 0 Å². The summed E-state index contributed by atoms with van der Waals surface area (Å²) in [5.41, 5.74) is 1.09. The second-order valence-corrected chi connectivity index (χ2v) is 3.88. The molecule has 0 fully saturated rings. The van der Waals surface area contributed by atoms with Gasteiger partial charge in [0.15, 0.2) is 0 Å². The molecule has 18 heavy (non-hydrogen) atoms. The van der Waals surface area contributed by atoms with Crippen molar-refractivity contribution in [3.05, 3.63) is 47.9 Å². The van der Waals surface area contributed by atoms with Crippen LogP contribution in [0.15, 0.2) is 36.5 Å². The first kappa shape index (κ1) is 12.4. The Morgan fingerprint density at radius 3 is 2.83 bits per heavy atom. The molecule has 2 aromatic rings. The summed E-state index contributed by atoms with van der Waals surface area (Å²) in [5.74, 6) is 2.52. The molecule has 1 N–H and O–H groups in total. The normalized spacial score (nSPS) is 10.1. The van der Waals surface area contributed by atoms with Crippen molar-refractivity contribution in [2.24, 2.45) is 0 Å². The molecule has 0 aliphatic rings. The van der Waals surface area contributed by atoms with E-state index in [1.807, 2.05) is 37.3 Å².